The van der Waals surface area contributed by atoms with Crippen molar-refractivity contribution in [3.8, 4) is 11.5 Å². The highest BCUT2D eigenvalue weighted by atomic mass is 32.1. The molecule has 0 unspecified atom stereocenters. The Hall–Kier alpha value is -3.17. The molecule has 1 aromatic heterocycles. The molecular formula is C21H21N3O5S. The Balaban J connectivity index is 1.66. The van der Waals surface area contributed by atoms with E-state index >= 15 is 0 Å². The van der Waals surface area contributed by atoms with Gasteiger partial charge in [0, 0.05) is 30.8 Å². The fraction of sp³-hybridized carbons (Fsp3) is 0.286. The van der Waals surface area contributed by atoms with Crippen molar-refractivity contribution in [2.45, 2.75) is 0 Å². The predicted molar refractivity (Wildman–Crippen MR) is 114 cm³/mol. The molecule has 2 heterocycles. The van der Waals surface area contributed by atoms with Crippen molar-refractivity contribution in [1.82, 2.24) is 9.88 Å². The molecule has 0 aliphatic carbocycles. The Bertz CT molecular complexity index is 1050. The van der Waals surface area contributed by atoms with Crippen molar-refractivity contribution >= 4 is 38.6 Å². The first-order chi connectivity index (χ1) is 14.5. The maximum atomic E-state index is 13.3. The predicted octanol–water partition coefficient (Wildman–Crippen LogP) is 3.02. The van der Waals surface area contributed by atoms with Gasteiger partial charge in [-0.25, -0.2) is 9.78 Å². The molecule has 2 aromatic carbocycles. The van der Waals surface area contributed by atoms with Crippen molar-refractivity contribution < 1.29 is 23.8 Å². The molecule has 0 N–H and O–H groups in total. The summed E-state index contributed by atoms with van der Waals surface area (Å²) in [6, 6.07) is 10.1. The monoisotopic (exact) mass is 427 g/mol. The minimum atomic E-state index is -0.442. The van der Waals surface area contributed by atoms with Crippen LogP contribution in [0, 0.1) is 0 Å². The SMILES string of the molecule is COC(=O)c1ccc(C(=O)N(CCN(C)C)c2nc3cc4c(cc3s2)OCO4)cc1. The number of fused-ring (bicyclic) bond motifs is 2. The lowest BCUT2D eigenvalue weighted by Gasteiger charge is -2.22. The van der Waals surface area contributed by atoms with Gasteiger partial charge in [-0.3, -0.25) is 9.69 Å². The first kappa shape index (κ1) is 20.1. The lowest BCUT2D eigenvalue weighted by Crippen LogP contribution is -2.36. The third kappa shape index (κ3) is 3.94. The van der Waals surface area contributed by atoms with Gasteiger partial charge in [-0.05, 0) is 38.4 Å². The zero-order chi connectivity index (χ0) is 21.3. The van der Waals surface area contributed by atoms with Gasteiger partial charge in [-0.1, -0.05) is 11.3 Å². The molecule has 0 bridgehead atoms. The number of benzene rings is 2. The first-order valence-electron chi connectivity index (χ1n) is 9.31. The summed E-state index contributed by atoms with van der Waals surface area (Å²) in [5.74, 6) is 0.709. The van der Waals surface area contributed by atoms with Gasteiger partial charge in [0.1, 0.15) is 0 Å². The van der Waals surface area contributed by atoms with E-state index in [0.29, 0.717) is 40.8 Å². The van der Waals surface area contributed by atoms with Crippen molar-refractivity contribution in [1.29, 1.82) is 0 Å². The normalized spacial score (nSPS) is 12.4. The zero-order valence-electron chi connectivity index (χ0n) is 16.9. The number of carbonyl (C=O) groups is 2. The number of aromatic nitrogens is 1. The Labute approximate surface area is 177 Å². The average Bonchev–Trinajstić information content (AvgIpc) is 3.37. The van der Waals surface area contributed by atoms with Crippen LogP contribution >= 0.6 is 11.3 Å². The van der Waals surface area contributed by atoms with E-state index in [1.54, 1.807) is 29.2 Å². The van der Waals surface area contributed by atoms with Gasteiger partial charge in [0.05, 0.1) is 22.9 Å². The summed E-state index contributed by atoms with van der Waals surface area (Å²) in [5, 5.41) is 0.595. The standard InChI is InChI=1S/C21H21N3O5S/c1-23(2)8-9-24(19(25)13-4-6-14(7-5-13)20(26)27-3)21-22-15-10-16-17(29-12-28-16)11-18(15)30-21/h4-7,10-11H,8-9,12H2,1-3H3. The van der Waals surface area contributed by atoms with Crippen LogP contribution in [-0.2, 0) is 4.74 Å². The number of hydrogen-bond acceptors (Lipinski definition) is 8. The number of ether oxygens (including phenoxy) is 3. The summed E-state index contributed by atoms with van der Waals surface area (Å²) in [6.45, 7) is 1.34. The third-order valence-corrected chi connectivity index (χ3v) is 5.71. The molecule has 0 radical (unpaired) electrons. The van der Waals surface area contributed by atoms with Crippen LogP contribution in [0.2, 0.25) is 0 Å². The van der Waals surface area contributed by atoms with Crippen LogP contribution in [-0.4, -0.2) is 62.8 Å². The van der Waals surface area contributed by atoms with E-state index in [0.717, 1.165) is 10.2 Å². The fourth-order valence-electron chi connectivity index (χ4n) is 3.03. The zero-order valence-corrected chi connectivity index (χ0v) is 17.7. The van der Waals surface area contributed by atoms with Gasteiger partial charge >= 0.3 is 5.97 Å². The van der Waals surface area contributed by atoms with E-state index in [1.807, 2.05) is 31.1 Å². The highest BCUT2D eigenvalue weighted by Crippen LogP contribution is 2.40. The summed E-state index contributed by atoms with van der Waals surface area (Å²) >= 11 is 1.42. The Kier molecular flexibility index (Phi) is 5.56. The quantitative estimate of drug-likeness (QED) is 0.560. The number of anilines is 1. The van der Waals surface area contributed by atoms with E-state index in [1.165, 1.54) is 18.4 Å². The first-order valence-corrected chi connectivity index (χ1v) is 10.1. The molecular weight excluding hydrogens is 406 g/mol. The van der Waals surface area contributed by atoms with Crippen LogP contribution in [0.25, 0.3) is 10.2 Å². The second-order valence-corrected chi connectivity index (χ2v) is 8.01. The lowest BCUT2D eigenvalue weighted by atomic mass is 10.1. The number of esters is 1. The maximum Gasteiger partial charge on any atom is 0.337 e. The highest BCUT2D eigenvalue weighted by Gasteiger charge is 2.23. The number of hydrogen-bond donors (Lipinski definition) is 0. The van der Waals surface area contributed by atoms with Gasteiger partial charge < -0.3 is 19.1 Å². The fourth-order valence-corrected chi connectivity index (χ4v) is 4.03. The second kappa shape index (κ2) is 8.29. The molecule has 30 heavy (non-hydrogen) atoms. The lowest BCUT2D eigenvalue weighted by molar-refractivity contribution is 0.0600. The maximum absolute atomic E-state index is 13.3. The minimum Gasteiger partial charge on any atom is -0.465 e. The molecule has 1 aliphatic rings. The number of thiazole rings is 1. The second-order valence-electron chi connectivity index (χ2n) is 7.00. The van der Waals surface area contributed by atoms with Gasteiger partial charge in [0.2, 0.25) is 6.79 Å². The number of carbonyl (C=O) groups excluding carboxylic acids is 2. The molecule has 0 fully saturated rings. The summed E-state index contributed by atoms with van der Waals surface area (Å²) < 4.78 is 16.5. The summed E-state index contributed by atoms with van der Waals surface area (Å²) in [6.07, 6.45) is 0. The molecule has 1 amide bonds. The van der Waals surface area contributed by atoms with Crippen molar-refractivity contribution in [2.24, 2.45) is 0 Å². The molecule has 0 saturated heterocycles. The smallest absolute Gasteiger partial charge is 0.337 e. The molecule has 0 atom stereocenters. The van der Waals surface area contributed by atoms with Crippen molar-refractivity contribution in [2.75, 3.05) is 46.0 Å². The number of nitrogens with zero attached hydrogens (tertiary/aromatic N) is 3. The summed E-state index contributed by atoms with van der Waals surface area (Å²) in [4.78, 5) is 33.3. The Morgan fingerprint density at radius 2 is 1.73 bits per heavy atom. The third-order valence-electron chi connectivity index (χ3n) is 4.67. The Morgan fingerprint density at radius 3 is 2.40 bits per heavy atom. The number of amides is 1. The van der Waals surface area contributed by atoms with Crippen LogP contribution in [0.15, 0.2) is 36.4 Å². The van der Waals surface area contributed by atoms with Crippen LogP contribution in [0.5, 0.6) is 11.5 Å². The van der Waals surface area contributed by atoms with E-state index in [4.69, 9.17) is 14.2 Å². The van der Waals surface area contributed by atoms with Gasteiger partial charge in [0.25, 0.3) is 5.91 Å². The summed E-state index contributed by atoms with van der Waals surface area (Å²) in [7, 11) is 5.22. The van der Waals surface area contributed by atoms with Gasteiger partial charge in [0.15, 0.2) is 16.6 Å². The molecule has 4 rings (SSSR count). The van der Waals surface area contributed by atoms with Crippen LogP contribution in [0.3, 0.4) is 0 Å². The van der Waals surface area contributed by atoms with Crippen LogP contribution in [0.4, 0.5) is 5.13 Å². The Morgan fingerprint density at radius 1 is 1.07 bits per heavy atom. The molecule has 1 aliphatic heterocycles. The molecule has 9 heteroatoms. The highest BCUT2D eigenvalue weighted by molar-refractivity contribution is 7.22. The molecule has 3 aromatic rings. The topological polar surface area (TPSA) is 81.2 Å². The van der Waals surface area contributed by atoms with Crippen LogP contribution in [0.1, 0.15) is 20.7 Å². The molecule has 156 valence electrons. The average molecular weight is 427 g/mol. The minimum absolute atomic E-state index is 0.188. The number of rotatable bonds is 6. The largest absolute Gasteiger partial charge is 0.465 e. The van der Waals surface area contributed by atoms with E-state index in [9.17, 15) is 9.59 Å². The van der Waals surface area contributed by atoms with Crippen molar-refractivity contribution in [3.63, 3.8) is 0 Å². The van der Waals surface area contributed by atoms with E-state index < -0.39 is 5.97 Å². The van der Waals surface area contributed by atoms with Gasteiger partial charge in [-0.2, -0.15) is 0 Å². The molecule has 0 spiro atoms. The number of likely N-dealkylation sites (N-methyl/N-ethyl adjacent to an activating group) is 1. The van der Waals surface area contributed by atoms with Crippen molar-refractivity contribution in [3.05, 3.63) is 47.5 Å². The molecule has 0 saturated carbocycles. The molecule has 8 nitrogen and oxygen atoms in total. The summed E-state index contributed by atoms with van der Waals surface area (Å²) in [5.41, 5.74) is 1.61. The van der Waals surface area contributed by atoms with Gasteiger partial charge in [-0.15, -0.1) is 0 Å². The number of methoxy groups -OCH3 is 1. The van der Waals surface area contributed by atoms with E-state index in [2.05, 4.69) is 4.98 Å². The van der Waals surface area contributed by atoms with E-state index in [-0.39, 0.29) is 12.7 Å². The van der Waals surface area contributed by atoms with Crippen LogP contribution < -0.4 is 14.4 Å².